The van der Waals surface area contributed by atoms with Crippen LogP contribution in [0.1, 0.15) is 10.5 Å². The number of carbonyl (C=O) groups is 1. The van der Waals surface area contributed by atoms with Crippen LogP contribution < -0.4 is 5.32 Å². The van der Waals surface area contributed by atoms with E-state index in [4.69, 9.17) is 4.74 Å². The van der Waals surface area contributed by atoms with Gasteiger partial charge < -0.3 is 15.2 Å². The van der Waals surface area contributed by atoms with Crippen LogP contribution in [0.4, 0.5) is 0 Å². The second-order valence-corrected chi connectivity index (χ2v) is 3.16. The van der Waals surface area contributed by atoms with Crippen LogP contribution in [0.15, 0.2) is 12.3 Å². The molecule has 84 valence electrons. The summed E-state index contributed by atoms with van der Waals surface area (Å²) >= 11 is 0. The van der Waals surface area contributed by atoms with Crippen LogP contribution in [-0.2, 0) is 11.8 Å². The molecule has 0 aliphatic carbocycles. The first-order chi connectivity index (χ1) is 7.15. The van der Waals surface area contributed by atoms with Gasteiger partial charge in [-0.1, -0.05) is 0 Å². The van der Waals surface area contributed by atoms with Gasteiger partial charge in [0.25, 0.3) is 5.91 Å². The van der Waals surface area contributed by atoms with Crippen LogP contribution in [0, 0.1) is 0 Å². The summed E-state index contributed by atoms with van der Waals surface area (Å²) in [5.74, 6) is -0.259. The standard InChI is InChI=1S/C9H15N3O3/c1-12-8(3-4-11-12)9(14)10-5-7(13)6-15-2/h3-4,7,13H,5-6H2,1-2H3,(H,10,14). The van der Waals surface area contributed by atoms with Gasteiger partial charge in [-0.05, 0) is 6.07 Å². The Hall–Kier alpha value is -1.40. The Morgan fingerprint density at radius 1 is 1.80 bits per heavy atom. The first kappa shape index (κ1) is 11.7. The van der Waals surface area contributed by atoms with Gasteiger partial charge in [-0.3, -0.25) is 9.48 Å². The molecule has 1 atom stereocenters. The number of methoxy groups -OCH3 is 1. The number of nitrogens with zero attached hydrogens (tertiary/aromatic N) is 2. The third-order valence-electron chi connectivity index (χ3n) is 1.91. The molecular formula is C9H15N3O3. The van der Waals surface area contributed by atoms with Crippen LogP contribution in [-0.4, -0.2) is 47.2 Å². The van der Waals surface area contributed by atoms with Gasteiger partial charge in [-0.25, -0.2) is 0 Å². The maximum Gasteiger partial charge on any atom is 0.269 e. The van der Waals surface area contributed by atoms with Crippen molar-refractivity contribution < 1.29 is 14.6 Å². The molecule has 1 unspecified atom stereocenters. The minimum atomic E-state index is -0.688. The summed E-state index contributed by atoms with van der Waals surface area (Å²) in [6, 6.07) is 1.61. The molecule has 1 amide bonds. The number of aryl methyl sites for hydroxylation is 1. The van der Waals surface area contributed by atoms with Gasteiger partial charge in [0.05, 0.1) is 12.7 Å². The first-order valence-corrected chi connectivity index (χ1v) is 4.58. The van der Waals surface area contributed by atoms with Gasteiger partial charge in [0.15, 0.2) is 0 Å². The van der Waals surface area contributed by atoms with E-state index in [1.54, 1.807) is 19.3 Å². The lowest BCUT2D eigenvalue weighted by Gasteiger charge is -2.10. The highest BCUT2D eigenvalue weighted by molar-refractivity contribution is 5.92. The summed E-state index contributed by atoms with van der Waals surface area (Å²) in [5, 5.41) is 15.8. The Morgan fingerprint density at radius 3 is 3.07 bits per heavy atom. The zero-order valence-electron chi connectivity index (χ0n) is 8.80. The number of nitrogens with one attached hydrogen (secondary N) is 1. The number of aliphatic hydroxyl groups is 1. The van der Waals surface area contributed by atoms with Crippen molar-refractivity contribution in [2.75, 3.05) is 20.3 Å². The fourth-order valence-corrected chi connectivity index (χ4v) is 1.15. The summed E-state index contributed by atoms with van der Waals surface area (Å²) < 4.78 is 6.20. The lowest BCUT2D eigenvalue weighted by atomic mass is 10.3. The second-order valence-electron chi connectivity index (χ2n) is 3.16. The third kappa shape index (κ3) is 3.34. The molecule has 1 rings (SSSR count). The van der Waals surface area contributed by atoms with E-state index in [1.807, 2.05) is 0 Å². The average molecular weight is 213 g/mol. The molecule has 0 aromatic carbocycles. The predicted molar refractivity (Wildman–Crippen MR) is 53.4 cm³/mol. The Kier molecular flexibility index (Phi) is 4.26. The van der Waals surface area contributed by atoms with Crippen molar-refractivity contribution in [3.8, 4) is 0 Å². The average Bonchev–Trinajstić information content (AvgIpc) is 2.61. The van der Waals surface area contributed by atoms with E-state index in [-0.39, 0.29) is 19.1 Å². The Balaban J connectivity index is 2.40. The molecule has 0 bridgehead atoms. The normalized spacial score (nSPS) is 12.5. The molecule has 2 N–H and O–H groups in total. The number of aliphatic hydroxyl groups excluding tert-OH is 1. The summed E-state index contributed by atoms with van der Waals surface area (Å²) in [4.78, 5) is 11.5. The van der Waals surface area contributed by atoms with E-state index in [0.717, 1.165) is 0 Å². The molecule has 0 saturated heterocycles. The molecule has 1 aromatic heterocycles. The van der Waals surface area contributed by atoms with Crippen molar-refractivity contribution in [3.63, 3.8) is 0 Å². The summed E-state index contributed by atoms with van der Waals surface area (Å²) in [5.41, 5.74) is 0.458. The van der Waals surface area contributed by atoms with Crippen molar-refractivity contribution in [1.29, 1.82) is 0 Å². The molecule has 1 heterocycles. The maximum absolute atomic E-state index is 11.5. The Morgan fingerprint density at radius 2 is 2.53 bits per heavy atom. The van der Waals surface area contributed by atoms with Gasteiger partial charge in [-0.2, -0.15) is 5.10 Å². The monoisotopic (exact) mass is 213 g/mol. The zero-order chi connectivity index (χ0) is 11.3. The Labute approximate surface area is 87.8 Å². The quantitative estimate of drug-likeness (QED) is 0.668. The lowest BCUT2D eigenvalue weighted by Crippen LogP contribution is -2.35. The Bertz CT molecular complexity index is 324. The van der Waals surface area contributed by atoms with E-state index in [1.165, 1.54) is 11.8 Å². The highest BCUT2D eigenvalue weighted by Gasteiger charge is 2.11. The van der Waals surface area contributed by atoms with Crippen molar-refractivity contribution in [3.05, 3.63) is 18.0 Å². The largest absolute Gasteiger partial charge is 0.389 e. The van der Waals surface area contributed by atoms with Gasteiger partial charge in [-0.15, -0.1) is 0 Å². The van der Waals surface area contributed by atoms with Gasteiger partial charge in [0.2, 0.25) is 0 Å². The number of ether oxygens (including phenoxy) is 1. The number of hydrogen-bond donors (Lipinski definition) is 2. The lowest BCUT2D eigenvalue weighted by molar-refractivity contribution is 0.0607. The fraction of sp³-hybridized carbons (Fsp3) is 0.556. The number of rotatable bonds is 5. The summed E-state index contributed by atoms with van der Waals surface area (Å²) in [6.07, 6.45) is 0.854. The predicted octanol–water partition coefficient (Wildman–Crippen LogP) is -0.843. The first-order valence-electron chi connectivity index (χ1n) is 4.58. The highest BCUT2D eigenvalue weighted by atomic mass is 16.5. The third-order valence-corrected chi connectivity index (χ3v) is 1.91. The summed E-state index contributed by atoms with van der Waals surface area (Å²) in [7, 11) is 3.17. The maximum atomic E-state index is 11.5. The number of hydrogen-bond acceptors (Lipinski definition) is 4. The minimum absolute atomic E-state index is 0.165. The number of carbonyl (C=O) groups excluding carboxylic acids is 1. The second kappa shape index (κ2) is 5.47. The van der Waals surface area contributed by atoms with Crippen LogP contribution in [0.2, 0.25) is 0 Å². The van der Waals surface area contributed by atoms with E-state index in [0.29, 0.717) is 5.69 Å². The van der Waals surface area contributed by atoms with Crippen molar-refractivity contribution in [2.24, 2.45) is 7.05 Å². The molecule has 0 saturated carbocycles. The van der Waals surface area contributed by atoms with E-state index < -0.39 is 6.10 Å². The summed E-state index contributed by atoms with van der Waals surface area (Å²) in [6.45, 7) is 0.365. The minimum Gasteiger partial charge on any atom is -0.389 e. The molecule has 0 spiro atoms. The number of amides is 1. The molecule has 6 heteroatoms. The highest BCUT2D eigenvalue weighted by Crippen LogP contribution is 1.95. The van der Waals surface area contributed by atoms with Gasteiger partial charge >= 0.3 is 0 Å². The molecule has 0 aliphatic heterocycles. The molecule has 0 fully saturated rings. The molecule has 15 heavy (non-hydrogen) atoms. The van der Waals surface area contributed by atoms with Crippen molar-refractivity contribution >= 4 is 5.91 Å². The van der Waals surface area contributed by atoms with Crippen LogP contribution in [0.25, 0.3) is 0 Å². The molecule has 6 nitrogen and oxygen atoms in total. The van der Waals surface area contributed by atoms with Gasteiger partial charge in [0.1, 0.15) is 5.69 Å². The number of aromatic nitrogens is 2. The van der Waals surface area contributed by atoms with Gasteiger partial charge in [0, 0.05) is 26.9 Å². The van der Waals surface area contributed by atoms with Crippen LogP contribution >= 0.6 is 0 Å². The SMILES string of the molecule is COCC(O)CNC(=O)c1ccnn1C. The van der Waals surface area contributed by atoms with Crippen LogP contribution in [0.5, 0.6) is 0 Å². The molecule has 0 radical (unpaired) electrons. The molecule has 0 aliphatic rings. The zero-order valence-corrected chi connectivity index (χ0v) is 8.80. The van der Waals surface area contributed by atoms with E-state index >= 15 is 0 Å². The molecular weight excluding hydrogens is 198 g/mol. The molecule has 1 aromatic rings. The van der Waals surface area contributed by atoms with Crippen molar-refractivity contribution in [2.45, 2.75) is 6.10 Å². The van der Waals surface area contributed by atoms with E-state index in [9.17, 15) is 9.90 Å². The fourth-order valence-electron chi connectivity index (χ4n) is 1.15. The smallest absolute Gasteiger partial charge is 0.269 e. The van der Waals surface area contributed by atoms with Crippen LogP contribution in [0.3, 0.4) is 0 Å². The van der Waals surface area contributed by atoms with Crippen molar-refractivity contribution in [1.82, 2.24) is 15.1 Å². The van der Waals surface area contributed by atoms with E-state index in [2.05, 4.69) is 10.4 Å². The topological polar surface area (TPSA) is 76.4 Å².